The van der Waals surface area contributed by atoms with E-state index >= 15 is 0 Å². The van der Waals surface area contributed by atoms with Crippen molar-refractivity contribution in [1.82, 2.24) is 0 Å². The molecule has 1 aromatic rings. The highest BCUT2D eigenvalue weighted by Gasteiger charge is 2.49. The summed E-state index contributed by atoms with van der Waals surface area (Å²) in [6, 6.07) is 6.15. The first kappa shape index (κ1) is 16.6. The van der Waals surface area contributed by atoms with Gasteiger partial charge in [0.25, 0.3) is 0 Å². The first-order valence-electron chi connectivity index (χ1n) is 7.85. The zero-order chi connectivity index (χ0) is 16.4. The lowest BCUT2D eigenvalue weighted by atomic mass is 9.61. The minimum atomic E-state index is -0.392. The van der Waals surface area contributed by atoms with E-state index in [1.165, 1.54) is 0 Å². The molecule has 0 fully saturated rings. The predicted octanol–water partition coefficient (Wildman–Crippen LogP) is 4.18. The fraction of sp³-hybridized carbons (Fsp3) is 0.526. The molecule has 0 aliphatic heterocycles. The van der Waals surface area contributed by atoms with Crippen LogP contribution in [0.15, 0.2) is 30.4 Å². The lowest BCUT2D eigenvalue weighted by Crippen LogP contribution is -2.40. The Morgan fingerprint density at radius 2 is 2.05 bits per heavy atom. The molecule has 0 radical (unpaired) electrons. The Bertz CT molecular complexity index is 586. The molecule has 2 rings (SSSR count). The van der Waals surface area contributed by atoms with E-state index in [4.69, 9.17) is 9.47 Å². The van der Waals surface area contributed by atoms with Gasteiger partial charge in [0.15, 0.2) is 0 Å². The van der Waals surface area contributed by atoms with E-state index in [0.717, 1.165) is 23.3 Å². The van der Waals surface area contributed by atoms with E-state index in [-0.39, 0.29) is 11.4 Å². The average Bonchev–Trinajstić information content (AvgIpc) is 2.75. The van der Waals surface area contributed by atoms with Gasteiger partial charge in [-0.05, 0) is 31.7 Å². The molecule has 3 heteroatoms. The Labute approximate surface area is 133 Å². The Morgan fingerprint density at radius 3 is 2.59 bits per heavy atom. The molecule has 0 amide bonds. The highest BCUT2D eigenvalue weighted by atomic mass is 16.5. The zero-order valence-electron chi connectivity index (χ0n) is 14.2. The number of hydrogen-bond acceptors (Lipinski definition) is 3. The Hall–Kier alpha value is -1.77. The number of methoxy groups -OCH3 is 1. The van der Waals surface area contributed by atoms with Gasteiger partial charge in [-0.2, -0.15) is 0 Å². The van der Waals surface area contributed by atoms with E-state index in [2.05, 4.69) is 39.0 Å². The van der Waals surface area contributed by atoms with Crippen LogP contribution < -0.4 is 4.74 Å². The second kappa shape index (κ2) is 6.15. The van der Waals surface area contributed by atoms with Crippen molar-refractivity contribution in [2.75, 3.05) is 13.7 Å². The van der Waals surface area contributed by atoms with Crippen LogP contribution in [0.25, 0.3) is 0 Å². The summed E-state index contributed by atoms with van der Waals surface area (Å²) in [5, 5.41) is 0. The van der Waals surface area contributed by atoms with E-state index < -0.39 is 5.41 Å². The van der Waals surface area contributed by atoms with E-state index in [0.29, 0.717) is 13.0 Å². The highest BCUT2D eigenvalue weighted by molar-refractivity contribution is 5.73. The van der Waals surface area contributed by atoms with Gasteiger partial charge in [-0.15, -0.1) is 0 Å². The molecule has 3 nitrogen and oxygen atoms in total. The maximum Gasteiger partial charge on any atom is 0.307 e. The second-order valence-electron chi connectivity index (χ2n) is 6.65. The summed E-state index contributed by atoms with van der Waals surface area (Å²) in [6.07, 6.45) is 5.61. The van der Waals surface area contributed by atoms with Gasteiger partial charge in [0.2, 0.25) is 0 Å². The smallest absolute Gasteiger partial charge is 0.307 e. The van der Waals surface area contributed by atoms with Crippen LogP contribution in [0.2, 0.25) is 0 Å². The van der Waals surface area contributed by atoms with Crippen LogP contribution in [-0.4, -0.2) is 19.7 Å². The van der Waals surface area contributed by atoms with Crippen LogP contribution in [0, 0.1) is 12.3 Å². The number of aryl methyl sites for hydroxylation is 1. The molecule has 0 unspecified atom stereocenters. The summed E-state index contributed by atoms with van der Waals surface area (Å²) in [6.45, 7) is 8.71. The summed E-state index contributed by atoms with van der Waals surface area (Å²) in [5.41, 5.74) is 1.77. The lowest BCUT2D eigenvalue weighted by molar-refractivity contribution is -0.145. The van der Waals surface area contributed by atoms with Gasteiger partial charge in [-0.25, -0.2) is 0 Å². The lowest BCUT2D eigenvalue weighted by Gasteiger charge is -2.41. The normalized spacial score (nSPS) is 22.6. The highest BCUT2D eigenvalue weighted by Crippen LogP contribution is 2.54. The number of allylic oxidation sites excluding steroid dienone is 2. The zero-order valence-corrected chi connectivity index (χ0v) is 14.2. The number of carbonyl (C=O) groups excluding carboxylic acids is 1. The van der Waals surface area contributed by atoms with E-state index in [1.807, 2.05) is 19.1 Å². The Morgan fingerprint density at radius 1 is 1.32 bits per heavy atom. The second-order valence-corrected chi connectivity index (χ2v) is 6.65. The first-order valence-corrected chi connectivity index (χ1v) is 7.85. The van der Waals surface area contributed by atoms with Crippen molar-refractivity contribution in [2.45, 2.75) is 46.0 Å². The molecule has 0 spiro atoms. The number of rotatable bonds is 5. The van der Waals surface area contributed by atoms with Gasteiger partial charge in [0.05, 0.1) is 20.1 Å². The minimum absolute atomic E-state index is 0.0686. The number of benzene rings is 1. The van der Waals surface area contributed by atoms with Crippen molar-refractivity contribution < 1.29 is 14.3 Å². The largest absolute Gasteiger partial charge is 0.496 e. The molecular weight excluding hydrogens is 276 g/mol. The third kappa shape index (κ3) is 2.77. The van der Waals surface area contributed by atoms with Crippen LogP contribution >= 0.6 is 0 Å². The SMILES string of the molecule is CCOC(=O)C[C@@]1(c2cc(C)ccc2OC)C=CCC1(C)C. The molecule has 0 saturated carbocycles. The predicted molar refractivity (Wildman–Crippen MR) is 88.2 cm³/mol. The quantitative estimate of drug-likeness (QED) is 0.604. The van der Waals surface area contributed by atoms with Crippen LogP contribution in [0.4, 0.5) is 0 Å². The fourth-order valence-electron chi connectivity index (χ4n) is 3.42. The van der Waals surface area contributed by atoms with Crippen molar-refractivity contribution in [2.24, 2.45) is 5.41 Å². The first-order chi connectivity index (χ1) is 10.4. The molecule has 0 bridgehead atoms. The number of esters is 1. The summed E-state index contributed by atoms with van der Waals surface area (Å²) >= 11 is 0. The van der Waals surface area contributed by atoms with Crippen LogP contribution in [0.1, 0.15) is 44.7 Å². The van der Waals surface area contributed by atoms with E-state index in [9.17, 15) is 4.79 Å². The molecule has 22 heavy (non-hydrogen) atoms. The molecule has 1 aliphatic rings. The molecule has 1 aliphatic carbocycles. The monoisotopic (exact) mass is 302 g/mol. The Kier molecular flexibility index (Phi) is 4.64. The van der Waals surface area contributed by atoms with Crippen molar-refractivity contribution >= 4 is 5.97 Å². The van der Waals surface area contributed by atoms with Crippen molar-refractivity contribution in [3.8, 4) is 5.75 Å². The molecule has 0 saturated heterocycles. The number of ether oxygens (including phenoxy) is 2. The minimum Gasteiger partial charge on any atom is -0.496 e. The molecule has 0 aromatic heterocycles. The molecule has 1 aromatic carbocycles. The standard InChI is InChI=1S/C19H26O3/c1-6-22-17(20)13-19(11-7-10-18(19,3)4)15-12-14(2)8-9-16(15)21-5/h7-9,11-12H,6,10,13H2,1-5H3/t19-/m1/s1. The maximum atomic E-state index is 12.3. The van der Waals surface area contributed by atoms with E-state index in [1.54, 1.807) is 7.11 Å². The van der Waals surface area contributed by atoms with Crippen LogP contribution in [0.5, 0.6) is 5.75 Å². The van der Waals surface area contributed by atoms with Gasteiger partial charge in [0, 0.05) is 11.0 Å². The molecule has 1 atom stereocenters. The van der Waals surface area contributed by atoms with Crippen LogP contribution in [-0.2, 0) is 14.9 Å². The third-order valence-electron chi connectivity index (χ3n) is 4.80. The van der Waals surface area contributed by atoms with Gasteiger partial charge in [0.1, 0.15) is 5.75 Å². The maximum absolute atomic E-state index is 12.3. The fourth-order valence-corrected chi connectivity index (χ4v) is 3.42. The molecule has 0 N–H and O–H groups in total. The van der Waals surface area contributed by atoms with Crippen molar-refractivity contribution in [3.63, 3.8) is 0 Å². The summed E-state index contributed by atoms with van der Waals surface area (Å²) in [7, 11) is 1.68. The molecular formula is C19H26O3. The third-order valence-corrected chi connectivity index (χ3v) is 4.80. The van der Waals surface area contributed by atoms with Crippen molar-refractivity contribution in [3.05, 3.63) is 41.5 Å². The van der Waals surface area contributed by atoms with Crippen LogP contribution in [0.3, 0.4) is 0 Å². The topological polar surface area (TPSA) is 35.5 Å². The Balaban J connectivity index is 2.57. The van der Waals surface area contributed by atoms with Gasteiger partial charge >= 0.3 is 5.97 Å². The number of hydrogen-bond donors (Lipinski definition) is 0. The molecule has 120 valence electrons. The average molecular weight is 302 g/mol. The molecule has 0 heterocycles. The summed E-state index contributed by atoms with van der Waals surface area (Å²) < 4.78 is 10.8. The van der Waals surface area contributed by atoms with Gasteiger partial charge < -0.3 is 9.47 Å². The van der Waals surface area contributed by atoms with Gasteiger partial charge in [-0.3, -0.25) is 4.79 Å². The number of carbonyl (C=O) groups is 1. The summed E-state index contributed by atoms with van der Waals surface area (Å²) in [5.74, 6) is 0.667. The summed E-state index contributed by atoms with van der Waals surface area (Å²) in [4.78, 5) is 12.3. The van der Waals surface area contributed by atoms with Crippen molar-refractivity contribution in [1.29, 1.82) is 0 Å². The van der Waals surface area contributed by atoms with Gasteiger partial charge in [-0.1, -0.05) is 43.7 Å².